The summed E-state index contributed by atoms with van der Waals surface area (Å²) in [4.78, 5) is 11.9. The number of nitrogens with zero attached hydrogens (tertiary/aromatic N) is 1. The van der Waals surface area contributed by atoms with Crippen LogP contribution in [0.1, 0.15) is 43.7 Å². The molecule has 0 unspecified atom stereocenters. The van der Waals surface area contributed by atoms with E-state index in [2.05, 4.69) is 0 Å². The maximum atomic E-state index is 13.4. The molecule has 3 aliphatic rings. The third-order valence-corrected chi connectivity index (χ3v) is 8.21. The van der Waals surface area contributed by atoms with E-state index in [1.54, 1.807) is 6.07 Å². The molecule has 1 heterocycles. The first-order valence-corrected chi connectivity index (χ1v) is 10.2. The Bertz CT molecular complexity index is 846. The average Bonchev–Trinajstić information content (AvgIpc) is 3.20. The van der Waals surface area contributed by atoms with Gasteiger partial charge >= 0.3 is 0 Å². The van der Waals surface area contributed by atoms with Gasteiger partial charge in [0, 0.05) is 17.5 Å². The van der Waals surface area contributed by atoms with Crippen LogP contribution in [0.5, 0.6) is 0 Å². The maximum Gasteiger partial charge on any atom is 0.240 e. The molecule has 0 radical (unpaired) electrons. The second kappa shape index (κ2) is 5.68. The van der Waals surface area contributed by atoms with Crippen LogP contribution in [0.25, 0.3) is 5.57 Å². The van der Waals surface area contributed by atoms with Gasteiger partial charge in [-0.15, -0.1) is 0 Å². The third-order valence-electron chi connectivity index (χ3n) is 5.81. The molecule has 128 valence electrons. The van der Waals surface area contributed by atoms with Gasteiger partial charge in [0.2, 0.25) is 10.0 Å². The highest BCUT2D eigenvalue weighted by Crippen LogP contribution is 2.46. The van der Waals surface area contributed by atoms with Crippen molar-refractivity contribution in [2.45, 2.75) is 51.1 Å². The van der Waals surface area contributed by atoms with Crippen LogP contribution >= 0.6 is 11.6 Å². The van der Waals surface area contributed by atoms with Gasteiger partial charge in [-0.25, -0.2) is 8.42 Å². The number of hydrogen-bond donors (Lipinski definition) is 0. The van der Waals surface area contributed by atoms with Crippen LogP contribution in [-0.4, -0.2) is 31.1 Å². The lowest BCUT2D eigenvalue weighted by Gasteiger charge is -2.27. The van der Waals surface area contributed by atoms with Gasteiger partial charge in [0.15, 0.2) is 0 Å². The van der Waals surface area contributed by atoms with E-state index in [1.165, 1.54) is 4.31 Å². The van der Waals surface area contributed by atoms with Crippen LogP contribution in [0.2, 0.25) is 5.02 Å². The molecule has 1 aromatic carbocycles. The van der Waals surface area contributed by atoms with Crippen molar-refractivity contribution in [3.05, 3.63) is 39.3 Å². The van der Waals surface area contributed by atoms with Gasteiger partial charge in [0.25, 0.3) is 0 Å². The first-order chi connectivity index (χ1) is 11.4. The molecular formula is C18H20ClNO3S. The van der Waals surface area contributed by atoms with Crippen molar-refractivity contribution >= 4 is 33.5 Å². The molecule has 24 heavy (non-hydrogen) atoms. The quantitative estimate of drug-likeness (QED) is 0.771. The standard InChI is InChI=1S/C18H20ClNO3S/c1-11-16-9-14(19)6-5-12(16)8-18(11)24(22,23)20-15(10-21)7-13-3-2-4-17(13)20/h5-6,9-10,13,15,17H,2-4,7-8H2,1H3/t13-,15-,17-/m1/s1. The molecule has 0 spiro atoms. The Hall–Kier alpha value is -1.17. The number of aldehydes is 1. The fraction of sp³-hybridized carbons (Fsp3) is 0.500. The lowest BCUT2D eigenvalue weighted by atomic mass is 10.0. The predicted molar refractivity (Wildman–Crippen MR) is 94.1 cm³/mol. The van der Waals surface area contributed by atoms with E-state index in [0.717, 1.165) is 42.2 Å². The van der Waals surface area contributed by atoms with E-state index in [9.17, 15) is 13.2 Å². The van der Waals surface area contributed by atoms with Crippen LogP contribution in [0.3, 0.4) is 0 Å². The molecule has 1 aromatic rings. The minimum absolute atomic E-state index is 0.0159. The van der Waals surface area contributed by atoms with Gasteiger partial charge in [0.1, 0.15) is 6.29 Å². The molecule has 1 aliphatic heterocycles. The summed E-state index contributed by atoms with van der Waals surface area (Å²) in [6.45, 7) is 1.84. The summed E-state index contributed by atoms with van der Waals surface area (Å²) in [7, 11) is -3.64. The Morgan fingerprint density at radius 1 is 1.29 bits per heavy atom. The Balaban J connectivity index is 1.77. The molecule has 2 aliphatic carbocycles. The number of carbonyl (C=O) groups excluding carboxylic acids is 1. The summed E-state index contributed by atoms with van der Waals surface area (Å²) in [6.07, 6.45) is 4.79. The zero-order valence-electron chi connectivity index (χ0n) is 13.5. The van der Waals surface area contributed by atoms with Crippen LogP contribution in [0.15, 0.2) is 23.1 Å². The lowest BCUT2D eigenvalue weighted by Crippen LogP contribution is -2.42. The molecule has 0 bridgehead atoms. The van der Waals surface area contributed by atoms with Crippen LogP contribution in [0, 0.1) is 5.92 Å². The van der Waals surface area contributed by atoms with Crippen molar-refractivity contribution in [3.8, 4) is 0 Å². The Labute approximate surface area is 147 Å². The normalized spacial score (nSPS) is 29.8. The van der Waals surface area contributed by atoms with Gasteiger partial charge in [-0.3, -0.25) is 0 Å². The van der Waals surface area contributed by atoms with E-state index >= 15 is 0 Å². The van der Waals surface area contributed by atoms with Crippen LogP contribution in [-0.2, 0) is 21.2 Å². The molecule has 0 aromatic heterocycles. The summed E-state index contributed by atoms with van der Waals surface area (Å²) in [5.74, 6) is 0.328. The van der Waals surface area contributed by atoms with Crippen molar-refractivity contribution in [2.24, 2.45) is 5.92 Å². The second-order valence-electron chi connectivity index (χ2n) is 7.06. The number of fused-ring (bicyclic) bond motifs is 2. The molecule has 1 saturated carbocycles. The second-order valence-corrected chi connectivity index (χ2v) is 9.36. The minimum atomic E-state index is -3.64. The molecule has 4 nitrogen and oxygen atoms in total. The SMILES string of the molecule is CC1=C(S(=O)(=O)N2[C@@H]3CCC[C@@H]3C[C@@H]2C=O)Cc2ccc(Cl)cc21. The number of rotatable bonds is 3. The van der Waals surface area contributed by atoms with Gasteiger partial charge < -0.3 is 4.79 Å². The molecular weight excluding hydrogens is 346 g/mol. The van der Waals surface area contributed by atoms with Gasteiger partial charge in [-0.05, 0) is 60.9 Å². The Kier molecular flexibility index (Phi) is 3.86. The third kappa shape index (κ3) is 2.29. The highest BCUT2D eigenvalue weighted by molar-refractivity contribution is 7.93. The zero-order chi connectivity index (χ0) is 17.1. The number of hydrogen-bond acceptors (Lipinski definition) is 3. The zero-order valence-corrected chi connectivity index (χ0v) is 15.1. The minimum Gasteiger partial charge on any atom is -0.302 e. The summed E-state index contributed by atoms with van der Waals surface area (Å²) in [5.41, 5.74) is 2.66. The van der Waals surface area contributed by atoms with E-state index in [4.69, 9.17) is 11.6 Å². The smallest absolute Gasteiger partial charge is 0.240 e. The number of halogens is 1. The molecule has 6 heteroatoms. The van der Waals surface area contributed by atoms with E-state index in [1.807, 2.05) is 19.1 Å². The van der Waals surface area contributed by atoms with Crippen molar-refractivity contribution < 1.29 is 13.2 Å². The van der Waals surface area contributed by atoms with Crippen molar-refractivity contribution in [1.82, 2.24) is 4.31 Å². The number of carbonyl (C=O) groups is 1. The molecule has 0 N–H and O–H groups in total. The predicted octanol–water partition coefficient (Wildman–Crippen LogP) is 3.40. The summed E-state index contributed by atoms with van der Waals surface area (Å²) < 4.78 is 28.3. The van der Waals surface area contributed by atoms with Gasteiger partial charge in [-0.1, -0.05) is 24.1 Å². The number of allylic oxidation sites excluding steroid dienone is 2. The largest absolute Gasteiger partial charge is 0.302 e. The fourth-order valence-corrected chi connectivity index (χ4v) is 7.07. The Morgan fingerprint density at radius 2 is 2.08 bits per heavy atom. The van der Waals surface area contributed by atoms with Crippen molar-refractivity contribution in [1.29, 1.82) is 0 Å². The summed E-state index contributed by atoms with van der Waals surface area (Å²) in [6, 6.07) is 4.98. The molecule has 4 rings (SSSR count). The van der Waals surface area contributed by atoms with Crippen molar-refractivity contribution in [3.63, 3.8) is 0 Å². The monoisotopic (exact) mass is 365 g/mol. The molecule has 0 amide bonds. The van der Waals surface area contributed by atoms with Crippen LogP contribution in [0.4, 0.5) is 0 Å². The number of sulfonamides is 1. The topological polar surface area (TPSA) is 54.5 Å². The molecule has 3 atom stereocenters. The van der Waals surface area contributed by atoms with E-state index < -0.39 is 16.1 Å². The highest BCUT2D eigenvalue weighted by atomic mass is 35.5. The van der Waals surface area contributed by atoms with Gasteiger partial charge in [-0.2, -0.15) is 4.31 Å². The fourth-order valence-electron chi connectivity index (χ4n) is 4.68. The molecule has 2 fully saturated rings. The average molecular weight is 366 g/mol. The first-order valence-electron chi connectivity index (χ1n) is 8.41. The Morgan fingerprint density at radius 3 is 2.83 bits per heavy atom. The van der Waals surface area contributed by atoms with Crippen LogP contribution < -0.4 is 0 Å². The summed E-state index contributed by atoms with van der Waals surface area (Å²) in [5, 5.41) is 0.606. The van der Waals surface area contributed by atoms with E-state index in [0.29, 0.717) is 28.7 Å². The number of benzene rings is 1. The maximum absolute atomic E-state index is 13.4. The first kappa shape index (κ1) is 16.3. The lowest BCUT2D eigenvalue weighted by molar-refractivity contribution is -0.110. The van der Waals surface area contributed by atoms with Gasteiger partial charge in [0.05, 0.1) is 10.9 Å². The van der Waals surface area contributed by atoms with E-state index in [-0.39, 0.29) is 6.04 Å². The summed E-state index contributed by atoms with van der Waals surface area (Å²) >= 11 is 6.07. The highest BCUT2D eigenvalue weighted by Gasteiger charge is 2.50. The van der Waals surface area contributed by atoms with Crippen molar-refractivity contribution in [2.75, 3.05) is 0 Å². The molecule has 1 saturated heterocycles.